The Balaban J connectivity index is 1.64. The minimum atomic E-state index is 0.655. The molecule has 2 saturated carbocycles. The molecular formula is C15H22N4. The van der Waals surface area contributed by atoms with E-state index in [1.807, 2.05) is 0 Å². The van der Waals surface area contributed by atoms with Crippen LogP contribution in [0.1, 0.15) is 55.5 Å². The summed E-state index contributed by atoms with van der Waals surface area (Å²) in [5, 5.41) is 3.46. The van der Waals surface area contributed by atoms with Crippen LogP contribution in [0.3, 0.4) is 0 Å². The Morgan fingerprint density at radius 2 is 1.84 bits per heavy atom. The highest BCUT2D eigenvalue weighted by Gasteiger charge is 2.31. The highest BCUT2D eigenvalue weighted by molar-refractivity contribution is 5.42. The fraction of sp³-hybridized carbons (Fsp3) is 0.733. The van der Waals surface area contributed by atoms with Gasteiger partial charge in [-0.15, -0.1) is 0 Å². The average Bonchev–Trinajstić information content (AvgIpc) is 3.36. The molecule has 1 aromatic heterocycles. The quantitative estimate of drug-likeness (QED) is 0.900. The number of nitrogens with one attached hydrogen (secondary N) is 1. The normalized spacial score (nSPS) is 24.3. The smallest absolute Gasteiger partial charge is 0.134 e. The van der Waals surface area contributed by atoms with Crippen LogP contribution in [0.5, 0.6) is 0 Å². The van der Waals surface area contributed by atoms with Crippen LogP contribution in [0.15, 0.2) is 6.07 Å². The largest absolute Gasteiger partial charge is 0.355 e. The molecule has 3 fully saturated rings. The van der Waals surface area contributed by atoms with Gasteiger partial charge >= 0.3 is 0 Å². The Labute approximate surface area is 114 Å². The zero-order valence-corrected chi connectivity index (χ0v) is 11.4. The van der Waals surface area contributed by atoms with Crippen LogP contribution in [0.4, 0.5) is 5.82 Å². The van der Waals surface area contributed by atoms with Gasteiger partial charge in [0.05, 0.1) is 0 Å². The third kappa shape index (κ3) is 2.59. The van der Waals surface area contributed by atoms with Gasteiger partial charge in [0.2, 0.25) is 0 Å². The number of hydrogen-bond acceptors (Lipinski definition) is 4. The predicted molar refractivity (Wildman–Crippen MR) is 75.7 cm³/mol. The van der Waals surface area contributed by atoms with E-state index in [0.29, 0.717) is 5.92 Å². The first-order valence-corrected chi connectivity index (χ1v) is 7.75. The molecule has 0 amide bonds. The molecule has 0 radical (unpaired) electrons. The van der Waals surface area contributed by atoms with E-state index in [4.69, 9.17) is 9.97 Å². The van der Waals surface area contributed by atoms with Crippen molar-refractivity contribution < 1.29 is 0 Å². The summed E-state index contributed by atoms with van der Waals surface area (Å²) in [6.45, 7) is 4.40. The van der Waals surface area contributed by atoms with Gasteiger partial charge in [0, 0.05) is 43.2 Å². The molecule has 102 valence electrons. The van der Waals surface area contributed by atoms with Crippen molar-refractivity contribution in [1.82, 2.24) is 15.3 Å². The van der Waals surface area contributed by atoms with Crippen LogP contribution in [0, 0.1) is 0 Å². The molecule has 0 spiro atoms. The summed E-state index contributed by atoms with van der Waals surface area (Å²) >= 11 is 0. The zero-order chi connectivity index (χ0) is 12.7. The summed E-state index contributed by atoms with van der Waals surface area (Å²) in [5.74, 6) is 3.69. The first kappa shape index (κ1) is 11.6. The molecule has 0 bridgehead atoms. The minimum Gasteiger partial charge on any atom is -0.355 e. The van der Waals surface area contributed by atoms with E-state index in [9.17, 15) is 0 Å². The van der Waals surface area contributed by atoms with Gasteiger partial charge < -0.3 is 10.2 Å². The molecule has 1 aromatic rings. The van der Waals surface area contributed by atoms with Gasteiger partial charge in [-0.1, -0.05) is 0 Å². The second-order valence-corrected chi connectivity index (χ2v) is 6.15. The van der Waals surface area contributed by atoms with Crippen LogP contribution >= 0.6 is 0 Å². The fourth-order valence-electron chi connectivity index (χ4n) is 2.82. The molecule has 3 aliphatic rings. The van der Waals surface area contributed by atoms with Gasteiger partial charge in [0.1, 0.15) is 11.6 Å². The molecular weight excluding hydrogens is 236 g/mol. The molecule has 1 saturated heterocycles. The van der Waals surface area contributed by atoms with Crippen LogP contribution in [-0.2, 0) is 0 Å². The summed E-state index contributed by atoms with van der Waals surface area (Å²) in [6.07, 6.45) is 6.43. The maximum Gasteiger partial charge on any atom is 0.134 e. The second-order valence-electron chi connectivity index (χ2n) is 6.15. The van der Waals surface area contributed by atoms with Crippen LogP contribution < -0.4 is 10.2 Å². The van der Waals surface area contributed by atoms with Crippen molar-refractivity contribution in [2.24, 2.45) is 0 Å². The lowest BCUT2D eigenvalue weighted by Crippen LogP contribution is -2.29. The van der Waals surface area contributed by atoms with Crippen molar-refractivity contribution in [3.63, 3.8) is 0 Å². The molecule has 0 unspecified atom stereocenters. The van der Waals surface area contributed by atoms with Crippen LogP contribution in [0.25, 0.3) is 0 Å². The first-order chi connectivity index (χ1) is 9.40. The monoisotopic (exact) mass is 258 g/mol. The molecule has 19 heavy (non-hydrogen) atoms. The third-order valence-electron chi connectivity index (χ3n) is 4.35. The number of nitrogens with zero attached hydrogens (tertiary/aromatic N) is 3. The highest BCUT2D eigenvalue weighted by atomic mass is 15.2. The molecule has 4 nitrogen and oxygen atoms in total. The SMILES string of the molecule is c1c(C2CC2)nc(C2CC2)nc1N1CCCNCC1. The topological polar surface area (TPSA) is 41.1 Å². The van der Waals surface area contributed by atoms with Crippen LogP contribution in [0.2, 0.25) is 0 Å². The Hall–Kier alpha value is -1.16. The summed E-state index contributed by atoms with van der Waals surface area (Å²) < 4.78 is 0. The van der Waals surface area contributed by atoms with Crippen molar-refractivity contribution in [3.05, 3.63) is 17.6 Å². The molecule has 0 atom stereocenters. The lowest BCUT2D eigenvalue weighted by molar-refractivity contribution is 0.724. The van der Waals surface area contributed by atoms with Crippen molar-refractivity contribution >= 4 is 5.82 Å². The number of aromatic nitrogens is 2. The minimum absolute atomic E-state index is 0.655. The maximum absolute atomic E-state index is 4.86. The molecule has 2 heterocycles. The summed E-state index contributed by atoms with van der Waals surface area (Å²) in [6, 6.07) is 2.26. The van der Waals surface area contributed by atoms with E-state index < -0.39 is 0 Å². The van der Waals surface area contributed by atoms with E-state index in [1.54, 1.807) is 0 Å². The number of anilines is 1. The van der Waals surface area contributed by atoms with Gasteiger partial charge in [-0.05, 0) is 38.6 Å². The summed E-state index contributed by atoms with van der Waals surface area (Å²) in [5.41, 5.74) is 1.31. The van der Waals surface area contributed by atoms with Gasteiger partial charge in [0.25, 0.3) is 0 Å². The van der Waals surface area contributed by atoms with E-state index in [2.05, 4.69) is 16.3 Å². The van der Waals surface area contributed by atoms with Crippen LogP contribution in [-0.4, -0.2) is 36.1 Å². The standard InChI is InChI=1S/C15H22N4/c1-6-16-7-9-19(8-1)14-10-13(11-2-3-11)17-15(18-14)12-4-5-12/h10-12,16H,1-9H2. The highest BCUT2D eigenvalue weighted by Crippen LogP contribution is 2.43. The lowest BCUT2D eigenvalue weighted by Gasteiger charge is -2.22. The van der Waals surface area contributed by atoms with E-state index in [0.717, 1.165) is 37.9 Å². The van der Waals surface area contributed by atoms with E-state index >= 15 is 0 Å². The van der Waals surface area contributed by atoms with Gasteiger partial charge in [-0.2, -0.15) is 0 Å². The van der Waals surface area contributed by atoms with Crippen molar-refractivity contribution in [1.29, 1.82) is 0 Å². The van der Waals surface area contributed by atoms with Gasteiger partial charge in [0.15, 0.2) is 0 Å². The van der Waals surface area contributed by atoms with Gasteiger partial charge in [-0.3, -0.25) is 0 Å². The zero-order valence-electron chi connectivity index (χ0n) is 11.4. The first-order valence-electron chi connectivity index (χ1n) is 7.75. The maximum atomic E-state index is 4.86. The number of hydrogen-bond donors (Lipinski definition) is 1. The lowest BCUT2D eigenvalue weighted by atomic mass is 10.2. The molecule has 2 aliphatic carbocycles. The molecule has 1 N–H and O–H groups in total. The molecule has 1 aliphatic heterocycles. The average molecular weight is 258 g/mol. The summed E-state index contributed by atoms with van der Waals surface area (Å²) in [7, 11) is 0. The summed E-state index contributed by atoms with van der Waals surface area (Å²) in [4.78, 5) is 12.1. The van der Waals surface area contributed by atoms with Gasteiger partial charge in [-0.25, -0.2) is 9.97 Å². The third-order valence-corrected chi connectivity index (χ3v) is 4.35. The van der Waals surface area contributed by atoms with Crippen molar-refractivity contribution in [2.45, 2.75) is 43.9 Å². The second kappa shape index (κ2) is 4.75. The van der Waals surface area contributed by atoms with Crippen molar-refractivity contribution in [3.8, 4) is 0 Å². The fourth-order valence-corrected chi connectivity index (χ4v) is 2.82. The number of rotatable bonds is 3. The Kier molecular flexibility index (Phi) is 2.91. The van der Waals surface area contributed by atoms with Crippen molar-refractivity contribution in [2.75, 3.05) is 31.1 Å². The Bertz CT molecular complexity index is 427. The molecule has 4 rings (SSSR count). The molecule has 0 aromatic carbocycles. The van der Waals surface area contributed by atoms with E-state index in [-0.39, 0.29) is 0 Å². The molecule has 4 heteroatoms. The Morgan fingerprint density at radius 3 is 2.63 bits per heavy atom. The van der Waals surface area contributed by atoms with E-state index in [1.165, 1.54) is 43.6 Å². The Morgan fingerprint density at radius 1 is 1.00 bits per heavy atom. The predicted octanol–water partition coefficient (Wildman–Crippen LogP) is 2.03.